The van der Waals surface area contributed by atoms with Gasteiger partial charge in [0.1, 0.15) is 0 Å². The van der Waals surface area contributed by atoms with Crippen LogP contribution in [0.3, 0.4) is 0 Å². The van der Waals surface area contributed by atoms with Crippen molar-refractivity contribution in [1.29, 1.82) is 0 Å². The first-order valence-corrected chi connectivity index (χ1v) is 21.0. The minimum atomic E-state index is -0.596. The van der Waals surface area contributed by atoms with Crippen molar-refractivity contribution in [3.63, 3.8) is 0 Å². The van der Waals surface area contributed by atoms with E-state index in [4.69, 9.17) is 33.6 Å². The van der Waals surface area contributed by atoms with Crippen LogP contribution in [0.5, 0.6) is 0 Å². The fourth-order valence-electron chi connectivity index (χ4n) is 6.13. The van der Waals surface area contributed by atoms with Gasteiger partial charge in [0, 0.05) is 6.54 Å². The van der Waals surface area contributed by atoms with Crippen molar-refractivity contribution < 1.29 is 43.2 Å². The summed E-state index contributed by atoms with van der Waals surface area (Å²) < 4.78 is 26.8. The Bertz CT molecular complexity index is 791. The smallest absolute Gasteiger partial charge is 0.483 e. The molecule has 0 aromatic heterocycles. The van der Waals surface area contributed by atoms with Gasteiger partial charge in [0.05, 0.1) is 38.4 Å². The first-order valence-electron chi connectivity index (χ1n) is 21.0. The first kappa shape index (κ1) is 49.4. The number of carbonyl (C=O) groups is 3. The number of unbranched alkanes of at least 4 members (excludes halogenated alkanes) is 18. The minimum absolute atomic E-state index is 0.250. The van der Waals surface area contributed by atoms with Gasteiger partial charge in [-0.3, -0.25) is 4.79 Å². The second-order valence-corrected chi connectivity index (χ2v) is 13.8. The average Bonchev–Trinajstić information content (AvgIpc) is 3.66. The van der Waals surface area contributed by atoms with E-state index in [-0.39, 0.29) is 6.47 Å². The van der Waals surface area contributed by atoms with Crippen LogP contribution in [0.15, 0.2) is 24.7 Å². The SMILES string of the molecule is CCCCCCC=COC(=O)OCCCCCCCCC(CCCCCCCCOC(=O)O/C=C/CCCCCC)OCCN1CCCC1.O=CO. The van der Waals surface area contributed by atoms with Crippen LogP contribution in [-0.2, 0) is 28.5 Å². The molecule has 1 atom stereocenters. The van der Waals surface area contributed by atoms with Crippen molar-refractivity contribution in [2.24, 2.45) is 0 Å². The van der Waals surface area contributed by atoms with E-state index in [2.05, 4.69) is 18.7 Å². The number of carboxylic acid groups (broad SMARTS) is 1. The van der Waals surface area contributed by atoms with E-state index in [1.54, 1.807) is 0 Å². The topological polar surface area (TPSA) is 121 Å². The second-order valence-electron chi connectivity index (χ2n) is 13.8. The molecule has 0 amide bonds. The lowest BCUT2D eigenvalue weighted by molar-refractivity contribution is -0.122. The molecule has 1 aliphatic heterocycles. The fraction of sp³-hybridized carbons (Fsp3) is 0.833. The molecular weight excluding hydrogens is 662 g/mol. The molecule has 1 unspecified atom stereocenters. The molecule has 1 N–H and O–H groups in total. The summed E-state index contributed by atoms with van der Waals surface area (Å²) in [7, 11) is 0. The predicted octanol–water partition coefficient (Wildman–Crippen LogP) is 11.9. The monoisotopic (exact) mass is 740 g/mol. The maximum absolute atomic E-state index is 11.7. The quantitative estimate of drug-likeness (QED) is 0.0295. The molecule has 1 heterocycles. The van der Waals surface area contributed by atoms with Gasteiger partial charge in [-0.05, 0) is 89.4 Å². The lowest BCUT2D eigenvalue weighted by Gasteiger charge is -2.21. The van der Waals surface area contributed by atoms with Crippen molar-refractivity contribution in [2.75, 3.05) is 39.5 Å². The highest BCUT2D eigenvalue weighted by Gasteiger charge is 2.14. The first-order chi connectivity index (χ1) is 25.6. The third-order valence-electron chi connectivity index (χ3n) is 9.21. The van der Waals surface area contributed by atoms with Gasteiger partial charge >= 0.3 is 12.3 Å². The molecule has 0 aromatic carbocycles. The Hall–Kier alpha value is -2.59. The molecule has 0 spiro atoms. The summed E-state index contributed by atoms with van der Waals surface area (Å²) in [6, 6.07) is 0. The highest BCUT2D eigenvalue weighted by Crippen LogP contribution is 2.18. The maximum atomic E-state index is 11.7. The lowest BCUT2D eigenvalue weighted by Crippen LogP contribution is -2.26. The van der Waals surface area contributed by atoms with Gasteiger partial charge in [-0.25, -0.2) is 9.59 Å². The van der Waals surface area contributed by atoms with E-state index < -0.39 is 12.3 Å². The third kappa shape index (κ3) is 37.2. The number of ether oxygens (including phenoxy) is 5. The maximum Gasteiger partial charge on any atom is 0.513 e. The van der Waals surface area contributed by atoms with Gasteiger partial charge in [0.2, 0.25) is 0 Å². The van der Waals surface area contributed by atoms with Crippen molar-refractivity contribution in [3.05, 3.63) is 24.7 Å². The van der Waals surface area contributed by atoms with Gasteiger partial charge in [-0.15, -0.1) is 0 Å². The van der Waals surface area contributed by atoms with Crippen LogP contribution in [0.4, 0.5) is 9.59 Å². The number of likely N-dealkylation sites (tertiary alicyclic amines) is 1. The van der Waals surface area contributed by atoms with Crippen molar-refractivity contribution in [2.45, 2.75) is 187 Å². The summed E-state index contributed by atoms with van der Waals surface area (Å²) in [4.78, 5) is 34.3. The average molecular weight is 740 g/mol. The molecule has 0 bridgehead atoms. The normalized spacial score (nSPS) is 13.6. The molecule has 1 fully saturated rings. The lowest BCUT2D eigenvalue weighted by atomic mass is 10.0. The second kappa shape index (κ2) is 41.2. The number of allylic oxidation sites excluding steroid dienone is 2. The Morgan fingerprint density at radius 1 is 0.596 bits per heavy atom. The Labute approximate surface area is 317 Å². The van der Waals surface area contributed by atoms with Crippen molar-refractivity contribution in [3.8, 4) is 0 Å². The number of hydrogen-bond donors (Lipinski definition) is 1. The van der Waals surface area contributed by atoms with Crippen LogP contribution in [0, 0.1) is 0 Å². The predicted molar refractivity (Wildman–Crippen MR) is 209 cm³/mol. The number of hydrogen-bond acceptors (Lipinski definition) is 9. The zero-order chi connectivity index (χ0) is 38.0. The van der Waals surface area contributed by atoms with Crippen molar-refractivity contribution >= 4 is 18.8 Å². The fourth-order valence-corrected chi connectivity index (χ4v) is 6.13. The van der Waals surface area contributed by atoms with E-state index >= 15 is 0 Å². The summed E-state index contributed by atoms with van der Waals surface area (Å²) in [5.41, 5.74) is 0. The number of rotatable bonds is 34. The summed E-state index contributed by atoms with van der Waals surface area (Å²) in [6.45, 7) is 9.35. The molecule has 1 rings (SSSR count). The molecule has 10 heteroatoms. The number of carbonyl (C=O) groups excluding carboxylic acids is 2. The Kier molecular flexibility index (Phi) is 39.1. The van der Waals surface area contributed by atoms with Gasteiger partial charge in [0.25, 0.3) is 6.47 Å². The molecule has 304 valence electrons. The zero-order valence-corrected chi connectivity index (χ0v) is 33.3. The van der Waals surface area contributed by atoms with Crippen LogP contribution in [0.25, 0.3) is 0 Å². The van der Waals surface area contributed by atoms with E-state index in [9.17, 15) is 9.59 Å². The van der Waals surface area contributed by atoms with Gasteiger partial charge in [-0.1, -0.05) is 117 Å². The third-order valence-corrected chi connectivity index (χ3v) is 9.21. The molecule has 52 heavy (non-hydrogen) atoms. The van der Waals surface area contributed by atoms with Crippen LogP contribution >= 0.6 is 0 Å². The Morgan fingerprint density at radius 3 is 1.44 bits per heavy atom. The van der Waals surface area contributed by atoms with Crippen LogP contribution in [-0.4, -0.2) is 74.3 Å². The highest BCUT2D eigenvalue weighted by atomic mass is 16.7. The minimum Gasteiger partial charge on any atom is -0.483 e. The van der Waals surface area contributed by atoms with Crippen LogP contribution in [0.2, 0.25) is 0 Å². The standard InChI is InChI=1S/C41H75NO7.CH2O2/c1-3-5-7-9-17-25-34-46-40(43)48-36-27-19-13-11-15-21-29-39(45-38-33-42-31-23-24-32-42)30-22-16-12-14-20-28-37-49-41(44)47-35-26-18-10-8-6-4-2;2-1-3/h25-26,34-35,39H,3-24,27-33,36-38H2,1-2H3;1H,(H,2,3)/b34-25+,35-26?;. The highest BCUT2D eigenvalue weighted by molar-refractivity contribution is 5.60. The molecular formula is C42H77NO9. The van der Waals surface area contributed by atoms with E-state index in [1.165, 1.54) is 128 Å². The number of nitrogens with zero attached hydrogens (tertiary/aromatic N) is 1. The summed E-state index contributed by atoms with van der Waals surface area (Å²) in [5.74, 6) is 0. The molecule has 0 aromatic rings. The summed E-state index contributed by atoms with van der Waals surface area (Å²) in [6.07, 6.45) is 35.9. The molecule has 0 aliphatic carbocycles. The van der Waals surface area contributed by atoms with E-state index in [0.717, 1.165) is 77.4 Å². The molecule has 0 radical (unpaired) electrons. The molecule has 10 nitrogen and oxygen atoms in total. The van der Waals surface area contributed by atoms with Gasteiger partial charge in [-0.2, -0.15) is 0 Å². The molecule has 1 saturated heterocycles. The van der Waals surface area contributed by atoms with Gasteiger partial charge in [0.15, 0.2) is 0 Å². The zero-order valence-electron chi connectivity index (χ0n) is 33.3. The van der Waals surface area contributed by atoms with E-state index in [0.29, 0.717) is 19.3 Å². The van der Waals surface area contributed by atoms with E-state index in [1.807, 2.05) is 12.2 Å². The Morgan fingerprint density at radius 2 is 1.00 bits per heavy atom. The van der Waals surface area contributed by atoms with Crippen LogP contribution in [0.1, 0.15) is 181 Å². The van der Waals surface area contributed by atoms with Crippen molar-refractivity contribution in [1.82, 2.24) is 4.90 Å². The Balaban J connectivity index is 0.00000835. The molecule has 1 aliphatic rings. The van der Waals surface area contributed by atoms with Crippen LogP contribution < -0.4 is 0 Å². The summed E-state index contributed by atoms with van der Waals surface area (Å²) >= 11 is 0. The molecule has 0 saturated carbocycles. The van der Waals surface area contributed by atoms with Gasteiger partial charge < -0.3 is 33.7 Å². The summed E-state index contributed by atoms with van der Waals surface area (Å²) in [5, 5.41) is 6.89. The largest absolute Gasteiger partial charge is 0.513 e.